The highest BCUT2D eigenvalue weighted by Gasteiger charge is 2.13. The summed E-state index contributed by atoms with van der Waals surface area (Å²) in [6, 6.07) is 13.3. The van der Waals surface area contributed by atoms with Crippen molar-refractivity contribution in [3.63, 3.8) is 0 Å². The summed E-state index contributed by atoms with van der Waals surface area (Å²) in [6.45, 7) is 0.311. The van der Waals surface area contributed by atoms with Crippen molar-refractivity contribution in [1.82, 2.24) is 0 Å². The van der Waals surface area contributed by atoms with Gasteiger partial charge in [-0.25, -0.2) is 8.42 Å². The van der Waals surface area contributed by atoms with Gasteiger partial charge in [0, 0.05) is 22.3 Å². The molecule has 0 atom stereocenters. The summed E-state index contributed by atoms with van der Waals surface area (Å²) >= 11 is 11.6. The number of benzene rings is 2. The first kappa shape index (κ1) is 15.2. The highest BCUT2D eigenvalue weighted by Crippen LogP contribution is 2.17. The van der Waals surface area contributed by atoms with Gasteiger partial charge in [-0.3, -0.25) is 0 Å². The fourth-order valence-corrected chi connectivity index (χ4v) is 3.16. The zero-order valence-corrected chi connectivity index (χ0v) is 12.8. The molecule has 0 amide bonds. The molecule has 0 saturated carbocycles. The molecule has 0 aliphatic heterocycles. The molecule has 0 heterocycles. The second-order valence-electron chi connectivity index (χ2n) is 4.21. The number of halogens is 2. The fourth-order valence-electron chi connectivity index (χ4n) is 1.69. The summed E-state index contributed by atoms with van der Waals surface area (Å²) < 4.78 is 24.2. The quantitative estimate of drug-likeness (QED) is 0.905. The lowest BCUT2D eigenvalue weighted by atomic mass is 10.3. The number of hydrogen-bond acceptors (Lipinski definition) is 3. The molecule has 0 unspecified atom stereocenters. The van der Waals surface area contributed by atoms with Crippen molar-refractivity contribution < 1.29 is 8.42 Å². The van der Waals surface area contributed by atoms with Gasteiger partial charge in [-0.1, -0.05) is 29.3 Å². The van der Waals surface area contributed by atoms with Crippen molar-refractivity contribution in [1.29, 1.82) is 0 Å². The number of rotatable bonds is 5. The third-order valence-corrected chi connectivity index (χ3v) is 4.92. The third-order valence-electron chi connectivity index (χ3n) is 2.70. The average Bonchev–Trinajstić information content (AvgIpc) is 2.39. The molecule has 2 aromatic rings. The van der Waals surface area contributed by atoms with Crippen LogP contribution >= 0.6 is 23.2 Å². The highest BCUT2D eigenvalue weighted by atomic mass is 35.5. The van der Waals surface area contributed by atoms with Gasteiger partial charge in [-0.15, -0.1) is 0 Å². The van der Waals surface area contributed by atoms with Crippen LogP contribution in [0.3, 0.4) is 0 Å². The first-order chi connectivity index (χ1) is 9.47. The van der Waals surface area contributed by atoms with E-state index in [-0.39, 0.29) is 10.6 Å². The zero-order chi connectivity index (χ0) is 14.6. The molecule has 2 rings (SSSR count). The third kappa shape index (κ3) is 4.13. The Kier molecular flexibility index (Phi) is 4.91. The summed E-state index contributed by atoms with van der Waals surface area (Å²) in [7, 11) is -3.31. The maximum absolute atomic E-state index is 12.1. The number of sulfone groups is 1. The second-order valence-corrected chi connectivity index (χ2v) is 7.19. The van der Waals surface area contributed by atoms with Crippen molar-refractivity contribution in [3.05, 3.63) is 58.6 Å². The van der Waals surface area contributed by atoms with Crippen molar-refractivity contribution in [3.8, 4) is 0 Å². The van der Waals surface area contributed by atoms with Crippen LogP contribution in [-0.4, -0.2) is 20.7 Å². The second kappa shape index (κ2) is 6.48. The molecule has 6 heteroatoms. The van der Waals surface area contributed by atoms with E-state index in [0.29, 0.717) is 16.6 Å². The molecular formula is C14H13Cl2NO2S. The van der Waals surface area contributed by atoms with Crippen LogP contribution in [0.4, 0.5) is 5.69 Å². The fraction of sp³-hybridized carbons (Fsp3) is 0.143. The molecule has 3 nitrogen and oxygen atoms in total. The van der Waals surface area contributed by atoms with E-state index in [1.54, 1.807) is 30.3 Å². The Morgan fingerprint density at radius 2 is 1.65 bits per heavy atom. The van der Waals surface area contributed by atoms with Gasteiger partial charge in [0.1, 0.15) is 0 Å². The molecule has 0 saturated heterocycles. The molecule has 20 heavy (non-hydrogen) atoms. The van der Waals surface area contributed by atoms with E-state index in [4.69, 9.17) is 23.2 Å². The molecule has 0 fully saturated rings. The topological polar surface area (TPSA) is 46.2 Å². The largest absolute Gasteiger partial charge is 0.384 e. The Labute approximate surface area is 128 Å². The molecule has 0 aromatic heterocycles. The van der Waals surface area contributed by atoms with Gasteiger partial charge in [-0.05, 0) is 42.5 Å². The van der Waals surface area contributed by atoms with Crippen LogP contribution < -0.4 is 5.32 Å². The number of hydrogen-bond donors (Lipinski definition) is 1. The van der Waals surface area contributed by atoms with Crippen LogP contribution in [0.15, 0.2) is 53.4 Å². The van der Waals surface area contributed by atoms with Crippen LogP contribution in [0.1, 0.15) is 0 Å². The smallest absolute Gasteiger partial charge is 0.180 e. The summed E-state index contributed by atoms with van der Waals surface area (Å²) in [6.07, 6.45) is 0. The lowest BCUT2D eigenvalue weighted by molar-refractivity contribution is 0.596. The minimum absolute atomic E-state index is 0.00114. The predicted octanol–water partition coefficient (Wildman–Crippen LogP) is 3.88. The molecule has 2 aromatic carbocycles. The first-order valence-electron chi connectivity index (χ1n) is 5.95. The van der Waals surface area contributed by atoms with E-state index < -0.39 is 9.84 Å². The van der Waals surface area contributed by atoms with E-state index in [2.05, 4.69) is 5.32 Å². The summed E-state index contributed by atoms with van der Waals surface area (Å²) in [5.74, 6) is 0.00114. The summed E-state index contributed by atoms with van der Waals surface area (Å²) in [4.78, 5) is 0.273. The van der Waals surface area contributed by atoms with E-state index in [1.165, 1.54) is 12.1 Å². The van der Waals surface area contributed by atoms with Crippen LogP contribution in [-0.2, 0) is 9.84 Å². The number of nitrogens with one attached hydrogen (secondary N) is 1. The van der Waals surface area contributed by atoms with Crippen molar-refractivity contribution >= 4 is 38.7 Å². The van der Waals surface area contributed by atoms with Crippen molar-refractivity contribution in [2.24, 2.45) is 0 Å². The minimum atomic E-state index is -3.31. The van der Waals surface area contributed by atoms with Gasteiger partial charge in [0.15, 0.2) is 9.84 Å². The van der Waals surface area contributed by atoms with E-state index in [0.717, 1.165) is 5.69 Å². The van der Waals surface area contributed by atoms with Crippen molar-refractivity contribution in [2.45, 2.75) is 4.90 Å². The van der Waals surface area contributed by atoms with Crippen LogP contribution in [0.5, 0.6) is 0 Å². The minimum Gasteiger partial charge on any atom is -0.384 e. The van der Waals surface area contributed by atoms with Gasteiger partial charge in [0.2, 0.25) is 0 Å². The Morgan fingerprint density at radius 1 is 0.950 bits per heavy atom. The molecule has 0 spiro atoms. The predicted molar refractivity (Wildman–Crippen MR) is 83.4 cm³/mol. The van der Waals surface area contributed by atoms with Crippen LogP contribution in [0.2, 0.25) is 10.0 Å². The maximum Gasteiger partial charge on any atom is 0.180 e. The highest BCUT2D eigenvalue weighted by molar-refractivity contribution is 7.91. The molecule has 1 N–H and O–H groups in total. The number of anilines is 1. The van der Waals surface area contributed by atoms with Crippen LogP contribution in [0, 0.1) is 0 Å². The molecule has 0 aliphatic carbocycles. The molecule has 0 aliphatic rings. The lowest BCUT2D eigenvalue weighted by Gasteiger charge is -2.08. The standard InChI is InChI=1S/C14H13Cl2NO2S/c15-11-4-6-14(7-5-11)20(18,19)9-8-17-13-3-1-2-12(16)10-13/h1-7,10,17H,8-9H2. The summed E-state index contributed by atoms with van der Waals surface area (Å²) in [5.41, 5.74) is 0.795. The summed E-state index contributed by atoms with van der Waals surface area (Å²) in [5, 5.41) is 4.15. The Balaban J connectivity index is 1.98. The first-order valence-corrected chi connectivity index (χ1v) is 8.36. The average molecular weight is 330 g/mol. The van der Waals surface area contributed by atoms with Crippen molar-refractivity contribution in [2.75, 3.05) is 17.6 Å². The Bertz CT molecular complexity index is 685. The molecular weight excluding hydrogens is 317 g/mol. The zero-order valence-electron chi connectivity index (χ0n) is 10.5. The van der Waals surface area contributed by atoms with Gasteiger partial charge in [0.05, 0.1) is 10.6 Å². The Morgan fingerprint density at radius 3 is 2.30 bits per heavy atom. The van der Waals surface area contributed by atoms with Gasteiger partial charge < -0.3 is 5.32 Å². The van der Waals surface area contributed by atoms with Gasteiger partial charge >= 0.3 is 0 Å². The Hall–Kier alpha value is -1.23. The van der Waals surface area contributed by atoms with E-state index in [9.17, 15) is 8.42 Å². The normalized spacial score (nSPS) is 11.3. The van der Waals surface area contributed by atoms with Gasteiger partial charge in [0.25, 0.3) is 0 Å². The SMILES string of the molecule is O=S(=O)(CCNc1cccc(Cl)c1)c1ccc(Cl)cc1. The van der Waals surface area contributed by atoms with E-state index >= 15 is 0 Å². The van der Waals surface area contributed by atoms with E-state index in [1.807, 2.05) is 6.07 Å². The monoisotopic (exact) mass is 329 g/mol. The molecule has 0 bridgehead atoms. The van der Waals surface area contributed by atoms with Crippen LogP contribution in [0.25, 0.3) is 0 Å². The molecule has 106 valence electrons. The molecule has 0 radical (unpaired) electrons. The lowest BCUT2D eigenvalue weighted by Crippen LogP contribution is -2.15. The van der Waals surface area contributed by atoms with Gasteiger partial charge in [-0.2, -0.15) is 0 Å². The maximum atomic E-state index is 12.1.